The van der Waals surface area contributed by atoms with E-state index >= 15 is 0 Å². The molecule has 1 aliphatic rings. The monoisotopic (exact) mass is 352 g/mol. The van der Waals surface area contributed by atoms with Gasteiger partial charge in [-0.3, -0.25) is 0 Å². The van der Waals surface area contributed by atoms with Crippen molar-refractivity contribution < 1.29 is 23.1 Å². The fourth-order valence-corrected chi connectivity index (χ4v) is 5.89. The van der Waals surface area contributed by atoms with Gasteiger partial charge in [-0.15, -0.1) is 0 Å². The van der Waals surface area contributed by atoms with Gasteiger partial charge in [0.2, 0.25) is 0 Å². The molecule has 0 amide bonds. The highest BCUT2D eigenvalue weighted by Gasteiger charge is 2.34. The predicted molar refractivity (Wildman–Crippen MR) is 83.1 cm³/mol. The molecule has 0 spiro atoms. The molecule has 1 atom stereocenters. The number of carboxylic acids is 1. The van der Waals surface area contributed by atoms with E-state index < -0.39 is 21.2 Å². The number of thiazole rings is 1. The number of ether oxygens (including phenoxy) is 1. The second-order valence-electron chi connectivity index (χ2n) is 4.56. The fourth-order valence-electron chi connectivity index (χ4n) is 2.02. The highest BCUT2D eigenvalue weighted by Crippen LogP contribution is 2.32. The minimum Gasteiger partial charge on any atom is -0.477 e. The summed E-state index contributed by atoms with van der Waals surface area (Å²) < 4.78 is 28.8. The van der Waals surface area contributed by atoms with Crippen LogP contribution in [0.2, 0.25) is 0 Å². The van der Waals surface area contributed by atoms with E-state index in [1.807, 2.05) is 0 Å². The molecule has 1 aromatic heterocycles. The van der Waals surface area contributed by atoms with Crippen LogP contribution >= 0.6 is 23.1 Å². The van der Waals surface area contributed by atoms with E-state index in [0.717, 1.165) is 17.1 Å². The average Bonchev–Trinajstić information content (AvgIpc) is 2.82. The molecule has 0 aromatic carbocycles. The Hall–Kier alpha value is -0.840. The van der Waals surface area contributed by atoms with Gasteiger partial charge in [-0.2, -0.15) is 11.8 Å². The minimum atomic E-state index is -3.27. The van der Waals surface area contributed by atoms with E-state index in [1.54, 1.807) is 16.7 Å². The Morgan fingerprint density at radius 2 is 2.29 bits per heavy atom. The van der Waals surface area contributed by atoms with Gasteiger partial charge < -0.3 is 14.7 Å². The van der Waals surface area contributed by atoms with Crippen molar-refractivity contribution in [1.29, 1.82) is 0 Å². The molecule has 0 radical (unpaired) electrons. The summed E-state index contributed by atoms with van der Waals surface area (Å²) in [6, 6.07) is 0. The summed E-state index contributed by atoms with van der Waals surface area (Å²) in [6.45, 7) is 0.617. The standard InChI is InChI=1S/C11H16N2O5S3/c1-18-5-7-9(10(14)15)20-11(12-7)13-3-4-19-6-8(13)21(2,16)17/h8H,3-6H2,1-2H3,(H,14,15). The van der Waals surface area contributed by atoms with E-state index in [-0.39, 0.29) is 11.5 Å². The first kappa shape index (κ1) is 16.5. The summed E-state index contributed by atoms with van der Waals surface area (Å²) in [5.74, 6) is 0.168. The number of sulfone groups is 1. The lowest BCUT2D eigenvalue weighted by molar-refractivity contribution is 0.0697. The SMILES string of the molecule is COCc1nc(N2CCSCC2S(C)(=O)=O)sc1C(=O)O. The smallest absolute Gasteiger partial charge is 0.347 e. The lowest BCUT2D eigenvalue weighted by atomic mass is 10.4. The van der Waals surface area contributed by atoms with Crippen LogP contribution in [-0.2, 0) is 21.2 Å². The second-order valence-corrected chi connectivity index (χ2v) is 8.89. The average molecular weight is 352 g/mol. The highest BCUT2D eigenvalue weighted by molar-refractivity contribution is 8.01. The number of rotatable bonds is 5. The van der Waals surface area contributed by atoms with Crippen molar-refractivity contribution in [2.45, 2.75) is 12.0 Å². The molecule has 1 saturated heterocycles. The molecule has 1 N–H and O–H groups in total. The van der Waals surface area contributed by atoms with Gasteiger partial charge in [-0.25, -0.2) is 18.2 Å². The van der Waals surface area contributed by atoms with Gasteiger partial charge in [-0.05, 0) is 0 Å². The van der Waals surface area contributed by atoms with E-state index in [1.165, 1.54) is 13.4 Å². The first-order valence-corrected chi connectivity index (χ1v) is 10.0. The second kappa shape index (κ2) is 6.51. The molecule has 1 aliphatic heterocycles. The Labute approximate surface area is 131 Å². The van der Waals surface area contributed by atoms with E-state index in [9.17, 15) is 18.3 Å². The van der Waals surface area contributed by atoms with Crippen LogP contribution in [0.5, 0.6) is 0 Å². The first-order valence-electron chi connectivity index (χ1n) is 6.09. The zero-order valence-corrected chi connectivity index (χ0v) is 14.1. The third-order valence-electron chi connectivity index (χ3n) is 2.99. The normalized spacial score (nSPS) is 19.7. The summed E-state index contributed by atoms with van der Waals surface area (Å²) in [5.41, 5.74) is 0.329. The Bertz CT molecular complexity index is 628. The maximum absolute atomic E-state index is 11.9. The van der Waals surface area contributed by atoms with Crippen molar-refractivity contribution in [3.63, 3.8) is 0 Å². The van der Waals surface area contributed by atoms with Gasteiger partial charge in [0.05, 0.1) is 12.3 Å². The van der Waals surface area contributed by atoms with Crippen LogP contribution in [-0.4, -0.2) is 61.3 Å². The fraction of sp³-hybridized carbons (Fsp3) is 0.636. The zero-order valence-electron chi connectivity index (χ0n) is 11.6. The van der Waals surface area contributed by atoms with Gasteiger partial charge in [0.15, 0.2) is 15.0 Å². The van der Waals surface area contributed by atoms with Crippen molar-refractivity contribution in [3.05, 3.63) is 10.6 Å². The van der Waals surface area contributed by atoms with Gasteiger partial charge >= 0.3 is 5.97 Å². The molecule has 0 saturated carbocycles. The van der Waals surface area contributed by atoms with Gasteiger partial charge in [0.25, 0.3) is 0 Å². The first-order chi connectivity index (χ1) is 9.84. The Morgan fingerprint density at radius 1 is 1.57 bits per heavy atom. The number of aromatic carboxylic acids is 1. The van der Waals surface area contributed by atoms with Crippen molar-refractivity contribution >= 4 is 44.0 Å². The molecule has 1 fully saturated rings. The third-order valence-corrected chi connectivity index (χ3v) is 6.75. The molecule has 10 heteroatoms. The molecule has 2 heterocycles. The molecule has 118 valence electrons. The van der Waals surface area contributed by atoms with Crippen molar-refractivity contribution in [3.8, 4) is 0 Å². The van der Waals surface area contributed by atoms with Crippen molar-refractivity contribution in [2.75, 3.05) is 36.3 Å². The molecule has 1 aromatic rings. The van der Waals surface area contributed by atoms with Crippen LogP contribution in [0.4, 0.5) is 5.13 Å². The van der Waals surface area contributed by atoms with E-state index in [0.29, 0.717) is 23.1 Å². The summed E-state index contributed by atoms with van der Waals surface area (Å²) in [5, 5.41) is 8.96. The van der Waals surface area contributed by atoms with E-state index in [2.05, 4.69) is 4.98 Å². The largest absolute Gasteiger partial charge is 0.477 e. The number of hydrogen-bond acceptors (Lipinski definition) is 8. The van der Waals surface area contributed by atoms with E-state index in [4.69, 9.17) is 4.74 Å². The predicted octanol–water partition coefficient (Wildman–Crippen LogP) is 0.912. The van der Waals surface area contributed by atoms with Crippen LogP contribution in [0.3, 0.4) is 0 Å². The number of methoxy groups -OCH3 is 1. The summed E-state index contributed by atoms with van der Waals surface area (Å²) in [6.07, 6.45) is 1.19. The maximum Gasteiger partial charge on any atom is 0.347 e. The number of anilines is 1. The number of carbonyl (C=O) groups is 1. The zero-order chi connectivity index (χ0) is 15.6. The lowest BCUT2D eigenvalue weighted by Gasteiger charge is -2.33. The van der Waals surface area contributed by atoms with Crippen molar-refractivity contribution in [2.24, 2.45) is 0 Å². The quantitative estimate of drug-likeness (QED) is 0.835. The summed E-state index contributed by atoms with van der Waals surface area (Å²) in [7, 11) is -1.81. The Kier molecular flexibility index (Phi) is 5.12. The number of carboxylic acid groups (broad SMARTS) is 1. The Morgan fingerprint density at radius 3 is 2.86 bits per heavy atom. The van der Waals surface area contributed by atoms with Crippen LogP contribution in [0.25, 0.3) is 0 Å². The highest BCUT2D eigenvalue weighted by atomic mass is 32.2. The molecule has 1 unspecified atom stereocenters. The van der Waals surface area contributed by atoms with Crippen molar-refractivity contribution in [1.82, 2.24) is 4.98 Å². The molecular weight excluding hydrogens is 336 g/mol. The third kappa shape index (κ3) is 3.68. The topological polar surface area (TPSA) is 96.8 Å². The number of aromatic nitrogens is 1. The van der Waals surface area contributed by atoms with Gasteiger partial charge in [0, 0.05) is 31.4 Å². The van der Waals surface area contributed by atoms with Gasteiger partial charge in [0.1, 0.15) is 10.3 Å². The van der Waals surface area contributed by atoms with Crippen LogP contribution in [0.15, 0.2) is 0 Å². The molecule has 0 aliphatic carbocycles. The van der Waals surface area contributed by atoms with Crippen LogP contribution < -0.4 is 4.90 Å². The maximum atomic E-state index is 11.9. The number of hydrogen-bond donors (Lipinski definition) is 1. The Balaban J connectivity index is 2.39. The lowest BCUT2D eigenvalue weighted by Crippen LogP contribution is -2.47. The molecule has 21 heavy (non-hydrogen) atoms. The molecule has 7 nitrogen and oxygen atoms in total. The summed E-state index contributed by atoms with van der Waals surface area (Å²) in [4.78, 5) is 17.3. The summed E-state index contributed by atoms with van der Waals surface area (Å²) >= 11 is 2.57. The molecule has 2 rings (SSSR count). The van der Waals surface area contributed by atoms with Crippen LogP contribution in [0.1, 0.15) is 15.4 Å². The molecule has 0 bridgehead atoms. The number of thioether (sulfide) groups is 1. The van der Waals surface area contributed by atoms with Crippen LogP contribution in [0, 0.1) is 0 Å². The van der Waals surface area contributed by atoms with Gasteiger partial charge in [-0.1, -0.05) is 11.3 Å². The molecular formula is C11H16N2O5S3. The number of nitrogens with zero attached hydrogens (tertiary/aromatic N) is 2. The minimum absolute atomic E-state index is 0.0876.